The fourth-order valence-electron chi connectivity index (χ4n) is 1.79. The number of benzene rings is 2. The van der Waals surface area contributed by atoms with E-state index in [1.54, 1.807) is 36.4 Å². The van der Waals surface area contributed by atoms with E-state index in [1.807, 2.05) is 18.2 Å². The molecular weight excluding hydrogens is 294 g/mol. The standard InChI is InChI=1S/C18H17NO4/c1-2-17(20)23-13-12-22-16-10-8-15(9-11-16)19-18(21)14-6-4-3-5-7-14/h2-11H,1,12-13H2,(H,19,21). The maximum Gasteiger partial charge on any atom is 0.330 e. The highest BCUT2D eigenvalue weighted by molar-refractivity contribution is 6.04. The number of rotatable bonds is 7. The maximum absolute atomic E-state index is 12.0. The third-order valence-corrected chi connectivity index (χ3v) is 2.91. The molecule has 0 fully saturated rings. The largest absolute Gasteiger partial charge is 0.490 e. The second-order valence-corrected chi connectivity index (χ2v) is 4.56. The molecule has 0 saturated carbocycles. The van der Waals surface area contributed by atoms with Gasteiger partial charge in [0.1, 0.15) is 19.0 Å². The van der Waals surface area contributed by atoms with E-state index in [-0.39, 0.29) is 19.1 Å². The summed E-state index contributed by atoms with van der Waals surface area (Å²) in [5, 5.41) is 2.80. The molecule has 2 rings (SSSR count). The van der Waals surface area contributed by atoms with Gasteiger partial charge in [0, 0.05) is 17.3 Å². The van der Waals surface area contributed by atoms with E-state index < -0.39 is 5.97 Å². The summed E-state index contributed by atoms with van der Waals surface area (Å²) >= 11 is 0. The van der Waals surface area contributed by atoms with Gasteiger partial charge < -0.3 is 14.8 Å². The van der Waals surface area contributed by atoms with Gasteiger partial charge in [-0.25, -0.2) is 4.79 Å². The van der Waals surface area contributed by atoms with Gasteiger partial charge in [0.2, 0.25) is 0 Å². The van der Waals surface area contributed by atoms with Gasteiger partial charge in [0.15, 0.2) is 0 Å². The predicted molar refractivity (Wildman–Crippen MR) is 87.5 cm³/mol. The fraction of sp³-hybridized carbons (Fsp3) is 0.111. The smallest absolute Gasteiger partial charge is 0.330 e. The lowest BCUT2D eigenvalue weighted by Crippen LogP contribution is -2.12. The van der Waals surface area contributed by atoms with Crippen LogP contribution in [0.25, 0.3) is 0 Å². The minimum atomic E-state index is -0.479. The zero-order valence-electron chi connectivity index (χ0n) is 12.5. The fourth-order valence-corrected chi connectivity index (χ4v) is 1.79. The number of carbonyl (C=O) groups excluding carboxylic acids is 2. The molecule has 0 atom stereocenters. The highest BCUT2D eigenvalue weighted by Crippen LogP contribution is 2.16. The van der Waals surface area contributed by atoms with Crippen LogP contribution in [0.5, 0.6) is 5.75 Å². The Morgan fingerprint density at radius 3 is 2.35 bits per heavy atom. The van der Waals surface area contributed by atoms with Crippen LogP contribution in [0.4, 0.5) is 5.69 Å². The zero-order chi connectivity index (χ0) is 16.5. The molecule has 0 aliphatic rings. The molecular formula is C18H17NO4. The first kappa shape index (κ1) is 16.3. The van der Waals surface area contributed by atoms with Crippen LogP contribution in [0.2, 0.25) is 0 Å². The number of hydrogen-bond donors (Lipinski definition) is 1. The average Bonchev–Trinajstić information content (AvgIpc) is 2.60. The molecule has 0 aliphatic carbocycles. The molecule has 0 aromatic heterocycles. The number of anilines is 1. The van der Waals surface area contributed by atoms with E-state index in [0.29, 0.717) is 17.0 Å². The summed E-state index contributed by atoms with van der Waals surface area (Å²) in [5.41, 5.74) is 1.26. The lowest BCUT2D eigenvalue weighted by atomic mass is 10.2. The quantitative estimate of drug-likeness (QED) is 0.485. The molecule has 23 heavy (non-hydrogen) atoms. The topological polar surface area (TPSA) is 64.6 Å². The number of esters is 1. The first-order valence-corrected chi connectivity index (χ1v) is 7.07. The molecule has 2 aromatic rings. The molecule has 1 amide bonds. The van der Waals surface area contributed by atoms with Gasteiger partial charge >= 0.3 is 5.97 Å². The molecule has 0 unspecified atom stereocenters. The normalized spacial score (nSPS) is 9.74. The van der Waals surface area contributed by atoms with Gasteiger partial charge in [-0.2, -0.15) is 0 Å². The lowest BCUT2D eigenvalue weighted by molar-refractivity contribution is -0.138. The van der Waals surface area contributed by atoms with Crippen LogP contribution in [-0.4, -0.2) is 25.1 Å². The van der Waals surface area contributed by atoms with Crippen molar-refractivity contribution in [3.05, 3.63) is 72.8 Å². The highest BCUT2D eigenvalue weighted by Gasteiger charge is 2.05. The number of nitrogens with one attached hydrogen (secondary N) is 1. The van der Waals surface area contributed by atoms with Crippen LogP contribution < -0.4 is 10.1 Å². The second kappa shape index (κ2) is 8.38. The Balaban J connectivity index is 1.81. The lowest BCUT2D eigenvalue weighted by Gasteiger charge is -2.08. The summed E-state index contributed by atoms with van der Waals surface area (Å²) in [6.45, 7) is 3.70. The molecule has 0 radical (unpaired) electrons. The molecule has 0 spiro atoms. The Bertz CT molecular complexity index is 665. The van der Waals surface area contributed by atoms with Gasteiger partial charge in [-0.3, -0.25) is 4.79 Å². The summed E-state index contributed by atoms with van der Waals surface area (Å²) in [6.07, 6.45) is 1.10. The Kier molecular flexibility index (Phi) is 5.94. The summed E-state index contributed by atoms with van der Waals surface area (Å²) < 4.78 is 10.2. The van der Waals surface area contributed by atoms with Crippen LogP contribution in [0.15, 0.2) is 67.3 Å². The van der Waals surface area contributed by atoms with Crippen molar-refractivity contribution in [3.63, 3.8) is 0 Å². The molecule has 118 valence electrons. The van der Waals surface area contributed by atoms with Gasteiger partial charge in [-0.1, -0.05) is 24.8 Å². The van der Waals surface area contributed by atoms with Crippen molar-refractivity contribution in [3.8, 4) is 5.75 Å². The first-order valence-electron chi connectivity index (χ1n) is 7.07. The van der Waals surface area contributed by atoms with E-state index in [2.05, 4.69) is 11.9 Å². The van der Waals surface area contributed by atoms with Crippen molar-refractivity contribution in [2.75, 3.05) is 18.5 Å². The third kappa shape index (κ3) is 5.32. The summed E-state index contributed by atoms with van der Waals surface area (Å²) in [5.74, 6) is -0.0273. The molecule has 5 nitrogen and oxygen atoms in total. The van der Waals surface area contributed by atoms with E-state index >= 15 is 0 Å². The van der Waals surface area contributed by atoms with Crippen molar-refractivity contribution >= 4 is 17.6 Å². The zero-order valence-corrected chi connectivity index (χ0v) is 12.5. The molecule has 0 saturated heterocycles. The summed E-state index contributed by atoms with van der Waals surface area (Å²) in [4.78, 5) is 22.9. The molecule has 2 aromatic carbocycles. The van der Waals surface area contributed by atoms with E-state index in [1.165, 1.54) is 0 Å². The Morgan fingerprint density at radius 1 is 1.00 bits per heavy atom. The van der Waals surface area contributed by atoms with E-state index in [4.69, 9.17) is 9.47 Å². The number of hydrogen-bond acceptors (Lipinski definition) is 4. The van der Waals surface area contributed by atoms with Gasteiger partial charge in [-0.05, 0) is 36.4 Å². The van der Waals surface area contributed by atoms with E-state index in [9.17, 15) is 9.59 Å². The summed E-state index contributed by atoms with van der Waals surface area (Å²) in [6, 6.07) is 15.9. The number of amides is 1. The molecule has 0 heterocycles. The van der Waals surface area contributed by atoms with Crippen LogP contribution in [-0.2, 0) is 9.53 Å². The van der Waals surface area contributed by atoms with Crippen LogP contribution in [0.3, 0.4) is 0 Å². The molecule has 1 N–H and O–H groups in total. The maximum atomic E-state index is 12.0. The Morgan fingerprint density at radius 2 is 1.70 bits per heavy atom. The van der Waals surface area contributed by atoms with Crippen molar-refractivity contribution in [2.24, 2.45) is 0 Å². The minimum absolute atomic E-state index is 0.150. The third-order valence-electron chi connectivity index (χ3n) is 2.91. The first-order chi connectivity index (χ1) is 11.2. The second-order valence-electron chi connectivity index (χ2n) is 4.56. The SMILES string of the molecule is C=CC(=O)OCCOc1ccc(NC(=O)c2ccccc2)cc1. The Labute approximate surface area is 134 Å². The van der Waals surface area contributed by atoms with Gasteiger partial charge in [0.05, 0.1) is 0 Å². The Hall–Kier alpha value is -3.08. The van der Waals surface area contributed by atoms with Crippen LogP contribution in [0, 0.1) is 0 Å². The van der Waals surface area contributed by atoms with Crippen molar-refractivity contribution in [1.82, 2.24) is 0 Å². The van der Waals surface area contributed by atoms with E-state index in [0.717, 1.165) is 6.08 Å². The van der Waals surface area contributed by atoms with Crippen molar-refractivity contribution < 1.29 is 19.1 Å². The van der Waals surface area contributed by atoms with Crippen molar-refractivity contribution in [2.45, 2.75) is 0 Å². The predicted octanol–water partition coefficient (Wildman–Crippen LogP) is 3.05. The van der Waals surface area contributed by atoms with Gasteiger partial charge in [0.25, 0.3) is 5.91 Å². The molecule has 0 bridgehead atoms. The van der Waals surface area contributed by atoms with Crippen LogP contribution in [0.1, 0.15) is 10.4 Å². The van der Waals surface area contributed by atoms with Crippen LogP contribution >= 0.6 is 0 Å². The van der Waals surface area contributed by atoms with Crippen molar-refractivity contribution in [1.29, 1.82) is 0 Å². The molecule has 5 heteroatoms. The monoisotopic (exact) mass is 311 g/mol. The minimum Gasteiger partial charge on any atom is -0.490 e. The average molecular weight is 311 g/mol. The highest BCUT2D eigenvalue weighted by atomic mass is 16.6. The number of carbonyl (C=O) groups is 2. The van der Waals surface area contributed by atoms with Gasteiger partial charge in [-0.15, -0.1) is 0 Å². The molecule has 0 aliphatic heterocycles. The summed E-state index contributed by atoms with van der Waals surface area (Å²) in [7, 11) is 0. The number of ether oxygens (including phenoxy) is 2.